The van der Waals surface area contributed by atoms with Crippen LogP contribution in [0.25, 0.3) is 0 Å². The molecule has 134 valence electrons. The average molecular weight is 335 g/mol. The third-order valence-electron chi connectivity index (χ3n) is 3.18. The van der Waals surface area contributed by atoms with Crippen LogP contribution in [-0.4, -0.2) is 40.6 Å². The molecule has 0 atom stereocenters. The van der Waals surface area contributed by atoms with Gasteiger partial charge in [0.1, 0.15) is 5.60 Å². The van der Waals surface area contributed by atoms with Gasteiger partial charge in [-0.3, -0.25) is 9.78 Å². The van der Waals surface area contributed by atoms with Gasteiger partial charge in [0.05, 0.1) is 6.54 Å². The molecular formula is C18H29N3O3. The summed E-state index contributed by atoms with van der Waals surface area (Å²) in [6.45, 7) is 10.7. The van der Waals surface area contributed by atoms with Gasteiger partial charge >= 0.3 is 6.09 Å². The van der Waals surface area contributed by atoms with Crippen LogP contribution in [0.2, 0.25) is 0 Å². The zero-order chi connectivity index (χ0) is 18.2. The normalized spacial score (nSPS) is 11.2. The molecule has 0 saturated carbocycles. The maximum Gasteiger partial charge on any atom is 0.410 e. The van der Waals surface area contributed by atoms with Crippen molar-refractivity contribution >= 4 is 12.0 Å². The van der Waals surface area contributed by atoms with Crippen molar-refractivity contribution in [3.8, 4) is 0 Å². The molecular weight excluding hydrogens is 306 g/mol. The molecule has 0 aliphatic carbocycles. The minimum absolute atomic E-state index is 0.0195. The first-order valence-electron chi connectivity index (χ1n) is 8.33. The van der Waals surface area contributed by atoms with E-state index in [1.54, 1.807) is 17.3 Å². The highest BCUT2D eigenvalue weighted by Crippen LogP contribution is 2.12. The smallest absolute Gasteiger partial charge is 0.410 e. The first kappa shape index (κ1) is 19.9. The molecule has 0 saturated heterocycles. The Hall–Kier alpha value is -2.11. The second kappa shape index (κ2) is 9.25. The molecule has 0 aliphatic heterocycles. The topological polar surface area (TPSA) is 71.5 Å². The number of rotatable bonds is 7. The fourth-order valence-corrected chi connectivity index (χ4v) is 1.96. The number of hydrogen-bond acceptors (Lipinski definition) is 4. The van der Waals surface area contributed by atoms with Crippen molar-refractivity contribution in [3.05, 3.63) is 30.1 Å². The Balaban J connectivity index is 2.60. The van der Waals surface area contributed by atoms with Gasteiger partial charge in [-0.05, 0) is 38.8 Å². The van der Waals surface area contributed by atoms with Gasteiger partial charge < -0.3 is 15.0 Å². The lowest BCUT2D eigenvalue weighted by atomic mass is 10.2. The molecule has 0 radical (unpaired) electrons. The number of aromatic nitrogens is 1. The minimum Gasteiger partial charge on any atom is -0.444 e. The number of amides is 2. The van der Waals surface area contributed by atoms with Crippen molar-refractivity contribution in [2.24, 2.45) is 5.92 Å². The molecule has 1 aromatic rings. The van der Waals surface area contributed by atoms with E-state index in [4.69, 9.17) is 4.74 Å². The number of nitrogens with zero attached hydrogens (tertiary/aromatic N) is 2. The van der Waals surface area contributed by atoms with Crippen molar-refractivity contribution < 1.29 is 14.3 Å². The quantitative estimate of drug-likeness (QED) is 0.778. The van der Waals surface area contributed by atoms with Crippen LogP contribution in [0.1, 0.15) is 46.6 Å². The largest absolute Gasteiger partial charge is 0.444 e. The molecule has 2 amide bonds. The van der Waals surface area contributed by atoms with Gasteiger partial charge in [0, 0.05) is 31.4 Å². The van der Waals surface area contributed by atoms with Gasteiger partial charge in [0.15, 0.2) is 0 Å². The van der Waals surface area contributed by atoms with Gasteiger partial charge in [-0.15, -0.1) is 0 Å². The molecule has 1 heterocycles. The van der Waals surface area contributed by atoms with Gasteiger partial charge in [-0.2, -0.15) is 0 Å². The van der Waals surface area contributed by atoms with Crippen molar-refractivity contribution in [1.82, 2.24) is 15.2 Å². The number of nitrogens with one attached hydrogen (secondary N) is 1. The van der Waals surface area contributed by atoms with Crippen LogP contribution >= 0.6 is 0 Å². The Kier molecular flexibility index (Phi) is 7.68. The molecule has 0 aromatic carbocycles. The van der Waals surface area contributed by atoms with Gasteiger partial charge in [-0.1, -0.05) is 19.9 Å². The van der Waals surface area contributed by atoms with E-state index in [1.807, 2.05) is 46.8 Å². The molecule has 1 rings (SSSR count). The highest BCUT2D eigenvalue weighted by Gasteiger charge is 2.22. The fraction of sp³-hybridized carbons (Fsp3) is 0.611. The fourth-order valence-electron chi connectivity index (χ4n) is 1.96. The van der Waals surface area contributed by atoms with E-state index in [-0.39, 0.29) is 17.9 Å². The van der Waals surface area contributed by atoms with Crippen LogP contribution in [0.3, 0.4) is 0 Å². The first-order chi connectivity index (χ1) is 11.2. The van der Waals surface area contributed by atoms with Gasteiger partial charge in [0.25, 0.3) is 0 Å². The number of ether oxygens (including phenoxy) is 1. The number of hydrogen-bond donors (Lipinski definition) is 1. The molecule has 24 heavy (non-hydrogen) atoms. The lowest BCUT2D eigenvalue weighted by Crippen LogP contribution is -2.38. The second-order valence-corrected chi connectivity index (χ2v) is 7.06. The first-order valence-corrected chi connectivity index (χ1v) is 8.33. The molecule has 0 unspecified atom stereocenters. The third kappa shape index (κ3) is 7.94. The van der Waals surface area contributed by atoms with E-state index in [9.17, 15) is 9.59 Å². The summed E-state index contributed by atoms with van der Waals surface area (Å²) in [6, 6.07) is 3.76. The van der Waals surface area contributed by atoms with Crippen molar-refractivity contribution in [2.45, 2.75) is 53.2 Å². The minimum atomic E-state index is -0.546. The van der Waals surface area contributed by atoms with E-state index in [1.165, 1.54) is 0 Å². The molecule has 6 heteroatoms. The lowest BCUT2D eigenvalue weighted by molar-refractivity contribution is -0.123. The number of pyridine rings is 1. The molecule has 6 nitrogen and oxygen atoms in total. The summed E-state index contributed by atoms with van der Waals surface area (Å²) in [5, 5.41) is 2.86. The van der Waals surface area contributed by atoms with E-state index >= 15 is 0 Å². The predicted octanol–water partition coefficient (Wildman–Crippen LogP) is 2.98. The Labute approximate surface area is 144 Å². The van der Waals surface area contributed by atoms with Crippen LogP contribution in [-0.2, 0) is 16.1 Å². The van der Waals surface area contributed by atoms with Gasteiger partial charge in [0.2, 0.25) is 5.91 Å². The lowest BCUT2D eigenvalue weighted by Gasteiger charge is -2.27. The highest BCUT2D eigenvalue weighted by atomic mass is 16.6. The summed E-state index contributed by atoms with van der Waals surface area (Å²) in [5.41, 5.74) is 0.394. The van der Waals surface area contributed by atoms with Crippen molar-refractivity contribution in [3.63, 3.8) is 0 Å². The van der Waals surface area contributed by atoms with Crippen molar-refractivity contribution in [2.75, 3.05) is 13.1 Å². The van der Waals surface area contributed by atoms with E-state index in [0.717, 1.165) is 5.56 Å². The maximum absolute atomic E-state index is 12.4. The van der Waals surface area contributed by atoms with Crippen LogP contribution in [0.4, 0.5) is 4.79 Å². The van der Waals surface area contributed by atoms with Gasteiger partial charge in [-0.25, -0.2) is 4.79 Å². The molecule has 0 fully saturated rings. The summed E-state index contributed by atoms with van der Waals surface area (Å²) in [5.74, 6) is -0.0200. The summed E-state index contributed by atoms with van der Waals surface area (Å²) in [7, 11) is 0. The molecule has 0 spiro atoms. The van der Waals surface area contributed by atoms with Crippen LogP contribution in [0.15, 0.2) is 24.5 Å². The van der Waals surface area contributed by atoms with Crippen LogP contribution < -0.4 is 5.32 Å². The Morgan fingerprint density at radius 3 is 2.58 bits per heavy atom. The maximum atomic E-state index is 12.4. The number of carbonyl (C=O) groups is 2. The Bertz CT molecular complexity index is 524. The van der Waals surface area contributed by atoms with E-state index in [2.05, 4.69) is 10.3 Å². The van der Waals surface area contributed by atoms with E-state index in [0.29, 0.717) is 26.1 Å². The molecule has 0 aliphatic rings. The zero-order valence-electron chi connectivity index (χ0n) is 15.3. The van der Waals surface area contributed by atoms with E-state index < -0.39 is 5.60 Å². The summed E-state index contributed by atoms with van der Waals surface area (Å²) < 4.78 is 5.47. The highest BCUT2D eigenvalue weighted by molar-refractivity contribution is 5.77. The standard InChI is InChI=1S/C18H29N3O3/c1-14(2)16(22)20-10-7-11-21(17(23)24-18(3,4)5)13-15-8-6-9-19-12-15/h6,8-9,12,14H,7,10-11,13H2,1-5H3,(H,20,22). The predicted molar refractivity (Wildman–Crippen MR) is 93.3 cm³/mol. The van der Waals surface area contributed by atoms with Crippen molar-refractivity contribution in [1.29, 1.82) is 0 Å². The Morgan fingerprint density at radius 2 is 2.04 bits per heavy atom. The average Bonchev–Trinajstić information content (AvgIpc) is 2.49. The third-order valence-corrected chi connectivity index (χ3v) is 3.18. The molecule has 0 bridgehead atoms. The van der Waals surface area contributed by atoms with Crippen LogP contribution in [0.5, 0.6) is 0 Å². The SMILES string of the molecule is CC(C)C(=O)NCCCN(Cc1cccnc1)C(=O)OC(C)(C)C. The number of carbonyl (C=O) groups excluding carboxylic acids is 2. The summed E-state index contributed by atoms with van der Waals surface area (Å²) in [6.07, 6.45) is 3.74. The molecule has 1 aromatic heterocycles. The monoisotopic (exact) mass is 335 g/mol. The second-order valence-electron chi connectivity index (χ2n) is 7.06. The summed E-state index contributed by atoms with van der Waals surface area (Å²) in [4.78, 5) is 29.7. The van der Waals surface area contributed by atoms with Crippen LogP contribution in [0, 0.1) is 5.92 Å². The molecule has 1 N–H and O–H groups in total. The zero-order valence-corrected chi connectivity index (χ0v) is 15.3. The summed E-state index contributed by atoms with van der Waals surface area (Å²) >= 11 is 0. The Morgan fingerprint density at radius 1 is 1.33 bits per heavy atom.